The van der Waals surface area contributed by atoms with Crippen LogP contribution in [0.15, 0.2) is 139 Å². The average molecular weight is 735 g/mol. The number of hydrogen-bond acceptors (Lipinski definition) is 8. The monoisotopic (exact) mass is 734 g/mol. The summed E-state index contributed by atoms with van der Waals surface area (Å²) in [4.78, 5) is 64.8. The van der Waals surface area contributed by atoms with E-state index in [2.05, 4.69) is 5.32 Å². The first kappa shape index (κ1) is 36.2. The third kappa shape index (κ3) is 8.08. The van der Waals surface area contributed by atoms with Crippen LogP contribution < -0.4 is 5.32 Å². The van der Waals surface area contributed by atoms with Crippen molar-refractivity contribution < 1.29 is 29.0 Å². The fourth-order valence-electron chi connectivity index (χ4n) is 7.03. The highest BCUT2D eigenvalue weighted by atomic mass is 16.6. The predicted molar refractivity (Wildman–Crippen MR) is 206 cm³/mol. The number of benzene rings is 5. The van der Waals surface area contributed by atoms with Crippen molar-refractivity contribution in [1.82, 2.24) is 10.2 Å². The first-order chi connectivity index (χ1) is 26.6. The molecule has 2 aliphatic rings. The Morgan fingerprint density at radius 1 is 0.709 bits per heavy atom. The largest absolute Gasteiger partial charge is 0.449 e. The molecule has 5 aromatic rings. The minimum Gasteiger partial charge on any atom is -0.449 e. The number of nitro benzene ring substituents is 2. The van der Waals surface area contributed by atoms with Gasteiger partial charge in [-0.05, 0) is 75.4 Å². The van der Waals surface area contributed by atoms with E-state index in [1.165, 1.54) is 53.4 Å². The normalized spacial score (nSPS) is 15.6. The Hall–Kier alpha value is -7.21. The van der Waals surface area contributed by atoms with Crippen molar-refractivity contribution in [3.63, 3.8) is 0 Å². The number of non-ortho nitro benzene ring substituents is 2. The van der Waals surface area contributed by atoms with Crippen molar-refractivity contribution in [2.75, 3.05) is 19.7 Å². The minimum atomic E-state index is -1.08. The smallest absolute Gasteiger partial charge is 0.407 e. The number of fused-ring (bicyclic) bond motifs is 3. The van der Waals surface area contributed by atoms with E-state index in [0.717, 1.165) is 27.8 Å². The molecule has 0 bridgehead atoms. The van der Waals surface area contributed by atoms with Crippen molar-refractivity contribution in [3.05, 3.63) is 187 Å². The van der Waals surface area contributed by atoms with Gasteiger partial charge in [0.15, 0.2) is 5.78 Å². The second-order valence-corrected chi connectivity index (χ2v) is 13.3. The molecule has 12 heteroatoms. The first-order valence-electron chi connectivity index (χ1n) is 17.5. The number of nitro groups is 2. The molecule has 0 radical (unpaired) electrons. The second-order valence-electron chi connectivity index (χ2n) is 13.3. The van der Waals surface area contributed by atoms with Crippen LogP contribution in [0.4, 0.5) is 16.2 Å². The standard InChI is InChI=1S/C43H34N4O8/c48-41-31(22-29-14-18-33(19-15-29)46(51)52)25-45(26-32(41)23-30-16-20-34(21-17-30)47(53)54)42(49)40(24-28-8-2-1-3-9-28)44-43(50)55-27-39-37-12-6-4-10-35(37)36-11-5-7-13-38(36)39/h1-23,39-40H,24-27H2,(H,44,50)/b31-22+,32-23+/t40-/m0/s1. The molecule has 2 amide bonds. The first-order valence-corrected chi connectivity index (χ1v) is 17.5. The van der Waals surface area contributed by atoms with Crippen molar-refractivity contribution in [2.45, 2.75) is 18.4 Å². The van der Waals surface area contributed by atoms with Crippen LogP contribution >= 0.6 is 0 Å². The molecule has 0 saturated carbocycles. The van der Waals surface area contributed by atoms with Crippen molar-refractivity contribution in [2.24, 2.45) is 0 Å². The highest BCUT2D eigenvalue weighted by Gasteiger charge is 2.35. The van der Waals surface area contributed by atoms with Gasteiger partial charge < -0.3 is 15.0 Å². The van der Waals surface area contributed by atoms with Crippen LogP contribution in [0.5, 0.6) is 0 Å². The summed E-state index contributed by atoms with van der Waals surface area (Å²) in [7, 11) is 0. The van der Waals surface area contributed by atoms with Crippen molar-refractivity contribution >= 4 is 41.3 Å². The predicted octanol–water partition coefficient (Wildman–Crippen LogP) is 7.53. The summed E-state index contributed by atoms with van der Waals surface area (Å²) in [6.07, 6.45) is 2.50. The maximum absolute atomic E-state index is 14.5. The number of nitrogens with zero attached hydrogens (tertiary/aromatic N) is 3. The van der Waals surface area contributed by atoms with E-state index in [1.807, 2.05) is 78.9 Å². The van der Waals surface area contributed by atoms with E-state index < -0.39 is 27.9 Å². The number of nitrogens with one attached hydrogen (secondary N) is 1. The lowest BCUT2D eigenvalue weighted by Gasteiger charge is -2.33. The molecule has 5 aromatic carbocycles. The fraction of sp³-hybridized carbons (Fsp3) is 0.140. The summed E-state index contributed by atoms with van der Waals surface area (Å²) in [5, 5.41) is 25.3. The lowest BCUT2D eigenvalue weighted by molar-refractivity contribution is -0.385. The molecule has 1 aliphatic carbocycles. The van der Waals surface area contributed by atoms with Crippen LogP contribution in [0.1, 0.15) is 33.7 Å². The van der Waals surface area contributed by atoms with E-state index in [4.69, 9.17) is 4.74 Å². The minimum absolute atomic E-state index is 0.0502. The third-order valence-corrected chi connectivity index (χ3v) is 9.72. The Bertz CT molecular complexity index is 2230. The number of hydrogen-bond donors (Lipinski definition) is 1. The summed E-state index contributed by atoms with van der Waals surface area (Å²) in [5.41, 5.74) is 6.31. The number of carbonyl (C=O) groups is 3. The zero-order chi connectivity index (χ0) is 38.5. The molecule has 12 nitrogen and oxygen atoms in total. The molecule has 0 spiro atoms. The van der Waals surface area contributed by atoms with Crippen LogP contribution in [0.3, 0.4) is 0 Å². The molecule has 1 fully saturated rings. The van der Waals surface area contributed by atoms with Crippen LogP contribution in [-0.4, -0.2) is 58.3 Å². The number of rotatable bonds is 10. The van der Waals surface area contributed by atoms with Crippen LogP contribution in [0.2, 0.25) is 0 Å². The molecule has 1 N–H and O–H groups in total. The maximum Gasteiger partial charge on any atom is 0.407 e. The highest BCUT2D eigenvalue weighted by molar-refractivity contribution is 6.15. The molecule has 0 aromatic heterocycles. The van der Waals surface area contributed by atoms with E-state index in [-0.39, 0.29) is 60.3 Å². The van der Waals surface area contributed by atoms with Gasteiger partial charge in [-0.15, -0.1) is 0 Å². The quantitative estimate of drug-likeness (QED) is 0.0875. The Balaban J connectivity index is 1.16. The topological polar surface area (TPSA) is 162 Å². The molecule has 0 unspecified atom stereocenters. The van der Waals surface area contributed by atoms with Gasteiger partial charge in [0.25, 0.3) is 11.4 Å². The van der Waals surface area contributed by atoms with Gasteiger partial charge in [0, 0.05) is 60.8 Å². The van der Waals surface area contributed by atoms with E-state index in [1.54, 1.807) is 12.2 Å². The number of alkyl carbamates (subject to hydrolysis) is 1. The Labute approximate surface area is 315 Å². The van der Waals surface area contributed by atoms with Gasteiger partial charge in [-0.2, -0.15) is 0 Å². The summed E-state index contributed by atoms with van der Waals surface area (Å²) < 4.78 is 5.82. The van der Waals surface area contributed by atoms with Crippen molar-refractivity contribution in [3.8, 4) is 11.1 Å². The number of Topliss-reactive ketones (excluding diaryl/α,β-unsaturated/α-hetero) is 1. The summed E-state index contributed by atoms with van der Waals surface area (Å²) in [5.74, 6) is -1.01. The second kappa shape index (κ2) is 15.8. The Kier molecular flexibility index (Phi) is 10.4. The number of likely N-dealkylation sites (tertiary alicyclic amines) is 1. The SMILES string of the molecule is O=C(N[C@@H](Cc1ccccc1)C(=O)N1C/C(=C\c2ccc([N+](=O)[O-])cc2)C(=O)/C(=C/c2ccc([N+](=O)[O-])cc2)C1)OCC1c2ccccc2-c2ccccc21. The van der Waals surface area contributed by atoms with Gasteiger partial charge in [0.2, 0.25) is 5.91 Å². The summed E-state index contributed by atoms with van der Waals surface area (Å²) >= 11 is 0. The number of amides is 2. The molecular weight excluding hydrogens is 700 g/mol. The molecule has 55 heavy (non-hydrogen) atoms. The Morgan fingerprint density at radius 3 is 1.67 bits per heavy atom. The van der Waals surface area contributed by atoms with E-state index in [0.29, 0.717) is 11.1 Å². The average Bonchev–Trinajstić information content (AvgIpc) is 3.52. The fourth-order valence-corrected chi connectivity index (χ4v) is 7.03. The molecule has 1 saturated heterocycles. The van der Waals surface area contributed by atoms with Crippen LogP contribution in [-0.2, 0) is 20.7 Å². The number of ether oxygens (including phenoxy) is 1. The number of carbonyl (C=O) groups excluding carboxylic acids is 3. The van der Waals surface area contributed by atoms with Crippen molar-refractivity contribution in [1.29, 1.82) is 0 Å². The van der Waals surface area contributed by atoms with Gasteiger partial charge >= 0.3 is 6.09 Å². The van der Waals surface area contributed by atoms with Gasteiger partial charge in [0.1, 0.15) is 12.6 Å². The van der Waals surface area contributed by atoms with E-state index in [9.17, 15) is 34.6 Å². The molecule has 1 atom stereocenters. The van der Waals surface area contributed by atoms with Gasteiger partial charge in [0.05, 0.1) is 9.85 Å². The van der Waals surface area contributed by atoms with Crippen LogP contribution in [0.25, 0.3) is 23.3 Å². The zero-order valence-electron chi connectivity index (χ0n) is 29.4. The lowest BCUT2D eigenvalue weighted by atomic mass is 9.93. The third-order valence-electron chi connectivity index (χ3n) is 9.72. The number of piperidine rings is 1. The van der Waals surface area contributed by atoms with Gasteiger partial charge in [-0.1, -0.05) is 78.9 Å². The lowest BCUT2D eigenvalue weighted by Crippen LogP contribution is -2.53. The maximum atomic E-state index is 14.5. The molecule has 7 rings (SSSR count). The highest BCUT2D eigenvalue weighted by Crippen LogP contribution is 2.44. The van der Waals surface area contributed by atoms with Gasteiger partial charge in [-0.25, -0.2) is 4.79 Å². The molecule has 274 valence electrons. The molecular formula is C43H34N4O8. The molecule has 1 aliphatic heterocycles. The van der Waals surface area contributed by atoms with Crippen LogP contribution in [0, 0.1) is 20.2 Å². The summed E-state index contributed by atoms with van der Waals surface area (Å²) in [6.45, 7) is -0.164. The zero-order valence-corrected chi connectivity index (χ0v) is 29.4. The summed E-state index contributed by atoms with van der Waals surface area (Å²) in [6, 6.07) is 35.4. The number of ketones is 1. The van der Waals surface area contributed by atoms with E-state index >= 15 is 0 Å². The Morgan fingerprint density at radius 2 is 1.18 bits per heavy atom. The molecule has 1 heterocycles. The van der Waals surface area contributed by atoms with Gasteiger partial charge in [-0.3, -0.25) is 29.8 Å².